The molecular formula is C18H28N4O6S2. The van der Waals surface area contributed by atoms with Crippen LogP contribution in [-0.2, 0) is 19.7 Å². The summed E-state index contributed by atoms with van der Waals surface area (Å²) in [6.45, 7) is 6.43. The quantitative estimate of drug-likeness (QED) is 0.621. The zero-order valence-corrected chi connectivity index (χ0v) is 19.4. The molecule has 0 aliphatic rings. The SMILES string of the molecule is Cc1ccc([C@@H](O)[C@H](C)S(C)(=O)=O)nn1.Cc1ccc([C@H](O)[C@@H](C)S(C)(=O)=O)nn1. The van der Waals surface area contributed by atoms with Crippen LogP contribution >= 0.6 is 0 Å². The summed E-state index contributed by atoms with van der Waals surface area (Å²) in [5.74, 6) is 0. The van der Waals surface area contributed by atoms with Gasteiger partial charge in [-0.2, -0.15) is 20.4 Å². The van der Waals surface area contributed by atoms with Gasteiger partial charge in [0.25, 0.3) is 0 Å². The number of nitrogens with zero attached hydrogens (tertiary/aromatic N) is 4. The Bertz CT molecular complexity index is 940. The van der Waals surface area contributed by atoms with Gasteiger partial charge in [-0.25, -0.2) is 16.8 Å². The average molecular weight is 461 g/mol. The molecule has 2 aromatic heterocycles. The van der Waals surface area contributed by atoms with E-state index in [1.165, 1.54) is 13.8 Å². The fraction of sp³-hybridized carbons (Fsp3) is 0.556. The van der Waals surface area contributed by atoms with E-state index in [9.17, 15) is 27.0 Å². The molecule has 30 heavy (non-hydrogen) atoms. The molecular weight excluding hydrogens is 432 g/mol. The van der Waals surface area contributed by atoms with Crippen LogP contribution in [-0.4, -0.2) is 70.5 Å². The first-order valence-electron chi connectivity index (χ1n) is 8.99. The summed E-state index contributed by atoms with van der Waals surface area (Å²) in [5, 5.41) is 32.7. The molecule has 2 aromatic rings. The highest BCUT2D eigenvalue weighted by Crippen LogP contribution is 2.20. The van der Waals surface area contributed by atoms with Crippen LogP contribution in [0.5, 0.6) is 0 Å². The Morgan fingerprint density at radius 2 is 0.967 bits per heavy atom. The topological polar surface area (TPSA) is 160 Å². The van der Waals surface area contributed by atoms with E-state index in [1.54, 1.807) is 38.1 Å². The van der Waals surface area contributed by atoms with Crippen LogP contribution in [0.3, 0.4) is 0 Å². The maximum atomic E-state index is 11.2. The van der Waals surface area contributed by atoms with Crippen LogP contribution in [0.15, 0.2) is 24.3 Å². The molecule has 0 fully saturated rings. The number of hydrogen-bond donors (Lipinski definition) is 2. The van der Waals surface area contributed by atoms with Gasteiger partial charge in [0, 0.05) is 12.5 Å². The van der Waals surface area contributed by atoms with Crippen molar-refractivity contribution in [2.75, 3.05) is 12.5 Å². The first kappa shape index (κ1) is 26.0. The summed E-state index contributed by atoms with van der Waals surface area (Å²) in [6, 6.07) is 6.52. The fourth-order valence-corrected chi connectivity index (χ4v) is 3.30. The van der Waals surface area contributed by atoms with Crippen molar-refractivity contribution in [1.82, 2.24) is 20.4 Å². The predicted octanol–water partition coefficient (Wildman–Crippen LogP) is 0.503. The van der Waals surface area contributed by atoms with E-state index < -0.39 is 42.4 Å². The third-order valence-electron chi connectivity index (χ3n) is 4.48. The molecule has 10 nitrogen and oxygen atoms in total. The lowest BCUT2D eigenvalue weighted by atomic mass is 10.2. The van der Waals surface area contributed by atoms with Crippen LogP contribution in [0, 0.1) is 13.8 Å². The summed E-state index contributed by atoms with van der Waals surface area (Å²) in [7, 11) is -6.56. The Labute approximate surface area is 177 Å². The Balaban J connectivity index is 0.000000300. The molecule has 0 bridgehead atoms. The number of sulfone groups is 2. The second-order valence-corrected chi connectivity index (χ2v) is 12.0. The van der Waals surface area contributed by atoms with E-state index >= 15 is 0 Å². The lowest BCUT2D eigenvalue weighted by Gasteiger charge is -2.15. The molecule has 2 rings (SSSR count). The van der Waals surface area contributed by atoms with Gasteiger partial charge in [-0.1, -0.05) is 0 Å². The van der Waals surface area contributed by atoms with Crippen molar-refractivity contribution in [3.8, 4) is 0 Å². The molecule has 0 saturated heterocycles. The normalized spacial score (nSPS) is 16.0. The van der Waals surface area contributed by atoms with Crippen molar-refractivity contribution in [1.29, 1.82) is 0 Å². The van der Waals surface area contributed by atoms with Crippen LogP contribution in [0.4, 0.5) is 0 Å². The largest absolute Gasteiger partial charge is 0.385 e. The van der Waals surface area contributed by atoms with Gasteiger partial charge in [-0.05, 0) is 52.0 Å². The summed E-state index contributed by atoms with van der Waals surface area (Å²) < 4.78 is 44.8. The zero-order valence-electron chi connectivity index (χ0n) is 17.8. The van der Waals surface area contributed by atoms with E-state index in [2.05, 4.69) is 20.4 Å². The average Bonchev–Trinajstić information content (AvgIpc) is 2.66. The zero-order chi connectivity index (χ0) is 23.3. The van der Waals surface area contributed by atoms with Crippen LogP contribution in [0.25, 0.3) is 0 Å². The molecule has 2 N–H and O–H groups in total. The summed E-state index contributed by atoms with van der Waals surface area (Å²) in [4.78, 5) is 0. The van der Waals surface area contributed by atoms with Crippen molar-refractivity contribution in [2.24, 2.45) is 0 Å². The number of aryl methyl sites for hydroxylation is 2. The summed E-state index contributed by atoms with van der Waals surface area (Å²) >= 11 is 0. The third-order valence-corrected chi connectivity index (χ3v) is 7.70. The summed E-state index contributed by atoms with van der Waals surface area (Å²) in [5.41, 5.74) is 1.99. The highest BCUT2D eigenvalue weighted by Gasteiger charge is 2.27. The first-order chi connectivity index (χ1) is 13.6. The smallest absolute Gasteiger partial charge is 0.152 e. The molecule has 0 aromatic carbocycles. The van der Waals surface area contributed by atoms with Crippen LogP contribution in [0.1, 0.15) is 48.8 Å². The lowest BCUT2D eigenvalue weighted by molar-refractivity contribution is 0.170. The molecule has 0 aliphatic carbocycles. The Morgan fingerprint density at radius 3 is 1.17 bits per heavy atom. The monoisotopic (exact) mass is 460 g/mol. The first-order valence-corrected chi connectivity index (χ1v) is 12.9. The number of rotatable bonds is 6. The highest BCUT2D eigenvalue weighted by molar-refractivity contribution is 7.91. The maximum Gasteiger partial charge on any atom is 0.152 e. The van der Waals surface area contributed by atoms with E-state index in [1.807, 2.05) is 0 Å². The van der Waals surface area contributed by atoms with Crippen molar-refractivity contribution >= 4 is 19.7 Å². The molecule has 168 valence electrons. The van der Waals surface area contributed by atoms with Gasteiger partial charge in [0.1, 0.15) is 12.2 Å². The van der Waals surface area contributed by atoms with E-state index in [0.29, 0.717) is 0 Å². The second-order valence-electron chi connectivity index (χ2n) is 7.16. The molecule has 12 heteroatoms. The standard InChI is InChI=1S/2C9H14N2O3S/c2*1-6-4-5-8(11-10-6)9(12)7(2)15(3,13)14/h2*4-5,7,9,12H,1-3H3/t2*7-,9-/m10/s1. The Morgan fingerprint density at radius 1 is 0.667 bits per heavy atom. The van der Waals surface area contributed by atoms with E-state index in [0.717, 1.165) is 23.9 Å². The van der Waals surface area contributed by atoms with Crippen molar-refractivity contribution in [2.45, 2.75) is 50.4 Å². The van der Waals surface area contributed by atoms with Gasteiger partial charge in [-0.3, -0.25) is 0 Å². The molecule has 2 heterocycles. The molecule has 0 spiro atoms. The van der Waals surface area contributed by atoms with E-state index in [4.69, 9.17) is 0 Å². The number of aliphatic hydroxyl groups is 2. The van der Waals surface area contributed by atoms with Crippen LogP contribution in [0.2, 0.25) is 0 Å². The minimum Gasteiger partial charge on any atom is -0.385 e. The predicted molar refractivity (Wildman–Crippen MR) is 112 cm³/mol. The molecule has 0 saturated carbocycles. The van der Waals surface area contributed by atoms with Crippen molar-refractivity contribution in [3.63, 3.8) is 0 Å². The molecule has 0 aliphatic heterocycles. The van der Waals surface area contributed by atoms with Gasteiger partial charge in [0.2, 0.25) is 0 Å². The number of hydrogen-bond acceptors (Lipinski definition) is 10. The van der Waals surface area contributed by atoms with Gasteiger partial charge in [0.05, 0.1) is 33.3 Å². The van der Waals surface area contributed by atoms with Gasteiger partial charge < -0.3 is 10.2 Å². The van der Waals surface area contributed by atoms with Crippen LogP contribution < -0.4 is 0 Å². The second kappa shape index (κ2) is 10.3. The third kappa shape index (κ3) is 7.67. The molecule has 0 unspecified atom stereocenters. The summed E-state index contributed by atoms with van der Waals surface area (Å²) in [6.07, 6.45) is -0.0911. The van der Waals surface area contributed by atoms with Gasteiger partial charge >= 0.3 is 0 Å². The fourth-order valence-electron chi connectivity index (χ4n) is 2.08. The Hall–Kier alpha value is -2.02. The number of aromatic nitrogens is 4. The lowest BCUT2D eigenvalue weighted by Crippen LogP contribution is -2.25. The Kier molecular flexibility index (Phi) is 8.96. The highest BCUT2D eigenvalue weighted by atomic mass is 32.2. The molecule has 0 radical (unpaired) electrons. The molecule has 0 amide bonds. The van der Waals surface area contributed by atoms with Gasteiger partial charge in [-0.15, -0.1) is 0 Å². The molecule has 4 atom stereocenters. The van der Waals surface area contributed by atoms with E-state index in [-0.39, 0.29) is 11.4 Å². The van der Waals surface area contributed by atoms with Crippen molar-refractivity contribution < 1.29 is 27.0 Å². The maximum absolute atomic E-state index is 11.2. The minimum absolute atomic E-state index is 0.276. The van der Waals surface area contributed by atoms with Crippen molar-refractivity contribution in [3.05, 3.63) is 47.0 Å². The van der Waals surface area contributed by atoms with Gasteiger partial charge in [0.15, 0.2) is 19.7 Å². The number of aliphatic hydroxyl groups excluding tert-OH is 2. The minimum atomic E-state index is -3.28.